The van der Waals surface area contributed by atoms with Crippen molar-refractivity contribution in [3.05, 3.63) is 28.7 Å². The van der Waals surface area contributed by atoms with Gasteiger partial charge in [-0.15, -0.1) is 0 Å². The van der Waals surface area contributed by atoms with E-state index in [0.29, 0.717) is 9.37 Å². The Morgan fingerprint density at radius 1 is 1.21 bits per heavy atom. The first-order chi connectivity index (χ1) is 11.0. The van der Waals surface area contributed by atoms with Crippen molar-refractivity contribution in [2.45, 2.75) is 0 Å². The molecule has 0 bridgehead atoms. The van der Waals surface area contributed by atoms with Crippen LogP contribution >= 0.6 is 15.9 Å². The van der Waals surface area contributed by atoms with Gasteiger partial charge in [-0.2, -0.15) is 0 Å². The van der Waals surface area contributed by atoms with E-state index in [4.69, 9.17) is 15.1 Å². The molecular formula is C11H15BrN2. The molecule has 0 spiro atoms. The first-order valence-corrected chi connectivity index (χ1v) is 4.64. The van der Waals surface area contributed by atoms with Crippen molar-refractivity contribution in [1.82, 2.24) is 4.90 Å². The number of hydrogen-bond donors (Lipinski definition) is 0. The van der Waals surface area contributed by atoms with E-state index in [2.05, 4.69) is 15.9 Å². The minimum absolute atomic E-state index is 0.129. The van der Waals surface area contributed by atoms with Gasteiger partial charge in [-0.25, -0.2) is 0 Å². The van der Waals surface area contributed by atoms with Crippen LogP contribution in [0.2, 0.25) is 0 Å². The molecular weight excluding hydrogens is 240 g/mol. The highest BCUT2D eigenvalue weighted by molar-refractivity contribution is 9.10. The molecule has 1 aromatic rings. The molecule has 2 nitrogen and oxygen atoms in total. The number of rotatable bonds is 1. The van der Waals surface area contributed by atoms with Crippen LogP contribution in [0, 0.1) is 0 Å². The molecule has 14 heavy (non-hydrogen) atoms. The van der Waals surface area contributed by atoms with Crippen LogP contribution in [-0.4, -0.2) is 37.9 Å². The van der Waals surface area contributed by atoms with Crippen LogP contribution in [0.1, 0.15) is 15.1 Å². The summed E-state index contributed by atoms with van der Waals surface area (Å²) in [6, 6.07) is 5.50. The Morgan fingerprint density at radius 2 is 1.86 bits per heavy atom. The summed E-state index contributed by atoms with van der Waals surface area (Å²) in [4.78, 5) is -0.0307. The van der Waals surface area contributed by atoms with Gasteiger partial charge in [-0.1, -0.05) is 15.9 Å². The number of likely N-dealkylation sites (N-methyl/N-ethyl adjacent to an activating group) is 1. The third kappa shape index (κ3) is 2.28. The Hall–Kier alpha value is -0.540. The van der Waals surface area contributed by atoms with E-state index in [1.165, 1.54) is 24.3 Å². The van der Waals surface area contributed by atoms with Gasteiger partial charge in [0.2, 0.25) is 0 Å². The number of anilines is 1. The van der Waals surface area contributed by atoms with Crippen molar-refractivity contribution in [3.8, 4) is 0 Å². The van der Waals surface area contributed by atoms with Crippen LogP contribution < -0.4 is 4.90 Å². The first kappa shape index (κ1) is 3.22. The number of piperazine rings is 1. The summed E-state index contributed by atoms with van der Waals surface area (Å²) in [5, 5.41) is 0. The minimum Gasteiger partial charge on any atom is -0.369 e. The second-order valence-electron chi connectivity index (χ2n) is 2.59. The van der Waals surface area contributed by atoms with Crippen LogP contribution in [0.3, 0.4) is 0 Å². The molecule has 76 valence electrons. The Kier molecular flexibility index (Phi) is 0.995. The molecule has 0 saturated carbocycles. The smallest absolute Gasteiger partial charge is 0.0506 e. The number of halogens is 1. The van der Waals surface area contributed by atoms with Gasteiger partial charge in [0.05, 0.1) is 5.48 Å². The van der Waals surface area contributed by atoms with E-state index in [0.717, 1.165) is 0 Å². The lowest BCUT2D eigenvalue weighted by molar-refractivity contribution is 0.313. The molecule has 3 heteroatoms. The van der Waals surface area contributed by atoms with E-state index in [-0.39, 0.29) is 10.6 Å². The largest absolute Gasteiger partial charge is 0.369 e. The third-order valence-corrected chi connectivity index (χ3v) is 2.16. The Morgan fingerprint density at radius 3 is 2.43 bits per heavy atom. The second-order valence-corrected chi connectivity index (χ2v) is 3.51. The summed E-state index contributed by atoms with van der Waals surface area (Å²) in [5.41, 5.74) is -0.129. The van der Waals surface area contributed by atoms with Gasteiger partial charge in [0.25, 0.3) is 0 Å². The molecule has 1 aliphatic rings. The van der Waals surface area contributed by atoms with Gasteiger partial charge in [0.1, 0.15) is 0 Å². The lowest BCUT2D eigenvalue weighted by Crippen LogP contribution is -2.44. The molecule has 0 amide bonds. The van der Waals surface area contributed by atoms with E-state index < -0.39 is 33.0 Å². The second kappa shape index (κ2) is 4.32. The van der Waals surface area contributed by atoms with Crippen LogP contribution in [0.5, 0.6) is 0 Å². The zero-order valence-corrected chi connectivity index (χ0v) is 8.67. The first-order valence-electron chi connectivity index (χ1n) is 9.35. The molecule has 0 aliphatic carbocycles. The van der Waals surface area contributed by atoms with E-state index in [1.807, 2.05) is 0 Å². The highest BCUT2D eigenvalue weighted by atomic mass is 79.9. The molecule has 1 saturated heterocycles. The van der Waals surface area contributed by atoms with Gasteiger partial charge in [-0.3, -0.25) is 0 Å². The van der Waals surface area contributed by atoms with Gasteiger partial charge in [0, 0.05) is 45.7 Å². The van der Waals surface area contributed by atoms with E-state index in [9.17, 15) is 0 Å². The lowest BCUT2D eigenvalue weighted by atomic mass is 10.2. The van der Waals surface area contributed by atoms with Crippen molar-refractivity contribution < 1.29 is 15.1 Å². The fourth-order valence-electron chi connectivity index (χ4n) is 0.975. The van der Waals surface area contributed by atoms with Gasteiger partial charge < -0.3 is 9.80 Å². The highest BCUT2D eigenvalue weighted by Crippen LogP contribution is 2.19. The quantitative estimate of drug-likeness (QED) is 0.769. The molecule has 1 fully saturated rings. The molecule has 0 unspecified atom stereocenters. The average Bonchev–Trinajstić information content (AvgIpc) is 2.36. The summed E-state index contributed by atoms with van der Waals surface area (Å²) >= 11 is 3.17. The maximum Gasteiger partial charge on any atom is 0.0506 e. The molecule has 0 aromatic heterocycles. The molecule has 1 heterocycles. The zero-order chi connectivity index (χ0) is 19.6. The third-order valence-electron chi connectivity index (χ3n) is 1.63. The lowest BCUT2D eigenvalue weighted by Gasteiger charge is -2.34. The predicted molar refractivity (Wildman–Crippen MR) is 63.9 cm³/mol. The summed E-state index contributed by atoms with van der Waals surface area (Å²) in [6.07, 6.45) is 0. The molecule has 0 radical (unpaired) electrons. The minimum atomic E-state index is -3.40. The van der Waals surface area contributed by atoms with Crippen molar-refractivity contribution in [2.75, 3.05) is 37.9 Å². The molecule has 0 atom stereocenters. The van der Waals surface area contributed by atoms with Crippen molar-refractivity contribution >= 4 is 21.6 Å². The Balaban J connectivity index is 2.77. The van der Waals surface area contributed by atoms with Crippen LogP contribution in [0.15, 0.2) is 28.7 Å². The highest BCUT2D eigenvalue weighted by Gasteiger charge is 2.13. The molecule has 1 aromatic carbocycles. The van der Waals surface area contributed by atoms with E-state index in [1.54, 1.807) is 0 Å². The monoisotopic (exact) mass is 265 g/mol. The Labute approximate surface area is 109 Å². The average molecular weight is 266 g/mol. The maximum atomic E-state index is 8.13. The predicted octanol–water partition coefficient (Wildman–Crippen LogP) is 2.20. The van der Waals surface area contributed by atoms with Gasteiger partial charge >= 0.3 is 0 Å². The topological polar surface area (TPSA) is 6.48 Å². The standard InChI is InChI=1S/C11H15BrN2/c1-13-6-8-14(9-7-13)11-4-2-10(12)3-5-11/h2-5H,6-9H2,1H3/i1D3,6D2,7D2,8D2,9D2. The fourth-order valence-corrected chi connectivity index (χ4v) is 1.24. The van der Waals surface area contributed by atoms with Gasteiger partial charge in [0.15, 0.2) is 0 Å². The number of benzene rings is 1. The molecule has 1 aliphatic heterocycles. The normalized spacial score (nSPS) is 45.5. The summed E-state index contributed by atoms with van der Waals surface area (Å²) in [5.74, 6) is 0. The zero-order valence-electron chi connectivity index (χ0n) is 18.1. The van der Waals surface area contributed by atoms with Crippen LogP contribution in [-0.2, 0) is 0 Å². The number of hydrogen-bond acceptors (Lipinski definition) is 2. The van der Waals surface area contributed by atoms with Crippen molar-refractivity contribution in [2.24, 2.45) is 0 Å². The van der Waals surface area contributed by atoms with Crippen LogP contribution in [0.25, 0.3) is 0 Å². The van der Waals surface area contributed by atoms with Crippen LogP contribution in [0.4, 0.5) is 5.69 Å². The summed E-state index contributed by atoms with van der Waals surface area (Å²) in [6.45, 7) is -16.5. The molecule has 0 N–H and O–H groups in total. The van der Waals surface area contributed by atoms with Gasteiger partial charge in [-0.05, 0) is 31.2 Å². The van der Waals surface area contributed by atoms with Crippen molar-refractivity contribution in [1.29, 1.82) is 0 Å². The summed E-state index contributed by atoms with van der Waals surface area (Å²) in [7, 11) is 0. The number of nitrogens with zero attached hydrogens (tertiary/aromatic N) is 2. The summed E-state index contributed by atoms with van der Waals surface area (Å²) < 4.78 is 87.3. The fraction of sp³-hybridized carbons (Fsp3) is 0.455. The SMILES string of the molecule is [2H]C([2H])([2H])N1C([2H])([2H])C([2H])([2H])N(c2ccc(Br)cc2)C([2H])([2H])C1([2H])[2H]. The van der Waals surface area contributed by atoms with E-state index >= 15 is 0 Å². The maximum absolute atomic E-state index is 8.13. The Bertz CT molecular complexity index is 627. The molecule has 2 rings (SSSR count). The van der Waals surface area contributed by atoms with Crippen molar-refractivity contribution in [3.63, 3.8) is 0 Å².